The predicted octanol–water partition coefficient (Wildman–Crippen LogP) is 7.45. The molecule has 0 amide bonds. The zero-order valence-corrected chi connectivity index (χ0v) is 22.4. The first-order valence-corrected chi connectivity index (χ1v) is 14.0. The first-order valence-electron chi connectivity index (χ1n) is 12.6. The second-order valence-corrected chi connectivity index (χ2v) is 10.5. The van der Waals surface area contributed by atoms with Crippen molar-refractivity contribution in [2.45, 2.75) is 127 Å². The fourth-order valence-electron chi connectivity index (χ4n) is 3.37. The molecule has 1 aromatic rings. The number of aromatic nitrogens is 2. The molecule has 0 unspecified atom stereocenters. The van der Waals surface area contributed by atoms with Gasteiger partial charge in [-0.1, -0.05) is 65.2 Å². The summed E-state index contributed by atoms with van der Waals surface area (Å²) in [5.41, 5.74) is 0. The summed E-state index contributed by atoms with van der Waals surface area (Å²) < 4.78 is 140. The third-order valence-corrected chi connectivity index (χ3v) is 6.60. The van der Waals surface area contributed by atoms with E-state index in [1.54, 1.807) is 0 Å². The molecule has 38 heavy (non-hydrogen) atoms. The van der Waals surface area contributed by atoms with Crippen LogP contribution in [-0.2, 0) is 23.2 Å². The quantitative estimate of drug-likeness (QED) is 0.0817. The average molecular weight is 593 g/mol. The molecular formula is C23H37F9N2O3S. The van der Waals surface area contributed by atoms with Gasteiger partial charge in [-0.2, -0.15) is 39.5 Å². The lowest BCUT2D eigenvalue weighted by Gasteiger charge is -2.34. The molecule has 0 aliphatic carbocycles. The summed E-state index contributed by atoms with van der Waals surface area (Å²) in [7, 11) is -7.42. The molecular weight excluding hydrogens is 555 g/mol. The number of hydrogen-bond acceptors (Lipinski definition) is 3. The molecule has 0 radical (unpaired) electrons. The molecule has 0 saturated carbocycles. The summed E-state index contributed by atoms with van der Waals surface area (Å²) in [5, 5.41) is -7.11. The van der Waals surface area contributed by atoms with Crippen LogP contribution >= 0.6 is 0 Å². The zero-order valence-electron chi connectivity index (χ0n) is 21.6. The topological polar surface area (TPSA) is 66.0 Å². The number of unbranched alkanes of at least 4 members (excludes halogenated alkanes) is 10. The average Bonchev–Trinajstić information content (AvgIpc) is 3.24. The summed E-state index contributed by atoms with van der Waals surface area (Å²) in [6, 6.07) is 0. The molecule has 0 fully saturated rings. The highest BCUT2D eigenvalue weighted by Crippen LogP contribution is 2.54. The molecule has 1 rings (SSSR count). The normalized spacial score (nSPS) is 13.4. The highest BCUT2D eigenvalue weighted by molar-refractivity contribution is 7.86. The zero-order chi connectivity index (χ0) is 29.7. The summed E-state index contributed by atoms with van der Waals surface area (Å²) in [6.45, 7) is 6.94. The Morgan fingerprint density at radius 2 is 1.16 bits per heavy atom. The number of imidazole rings is 1. The van der Waals surface area contributed by atoms with Gasteiger partial charge >= 0.3 is 23.3 Å². The van der Waals surface area contributed by atoms with E-state index in [-0.39, 0.29) is 0 Å². The SMILES string of the molecule is CCCCCCCCCn1cc[n+](CCCCCCC)c1.O=S(=O)([O-])C(F)(F)C(F)(F)C(F)(F)C(F)(F)F. The Hall–Kier alpha value is -1.51. The van der Waals surface area contributed by atoms with Gasteiger partial charge < -0.3 is 4.55 Å². The molecule has 226 valence electrons. The molecule has 1 heterocycles. The van der Waals surface area contributed by atoms with Gasteiger partial charge in [0.05, 0.1) is 13.1 Å². The van der Waals surface area contributed by atoms with Crippen molar-refractivity contribution in [1.82, 2.24) is 4.57 Å². The van der Waals surface area contributed by atoms with Crippen molar-refractivity contribution in [2.75, 3.05) is 0 Å². The Bertz CT molecular complexity index is 889. The van der Waals surface area contributed by atoms with Gasteiger partial charge in [0.1, 0.15) is 12.4 Å². The van der Waals surface area contributed by atoms with E-state index in [0.717, 1.165) is 0 Å². The fraction of sp³-hybridized carbons (Fsp3) is 0.870. The minimum atomic E-state index is -7.43. The van der Waals surface area contributed by atoms with Crippen LogP contribution in [0.4, 0.5) is 39.5 Å². The fourth-order valence-corrected chi connectivity index (χ4v) is 3.81. The molecule has 0 N–H and O–H groups in total. The van der Waals surface area contributed by atoms with E-state index in [1.165, 1.54) is 90.1 Å². The number of alkyl halides is 9. The van der Waals surface area contributed by atoms with Crippen molar-refractivity contribution >= 4 is 10.1 Å². The van der Waals surface area contributed by atoms with Gasteiger partial charge in [0, 0.05) is 0 Å². The first-order chi connectivity index (χ1) is 17.4. The molecule has 15 heteroatoms. The second-order valence-electron chi connectivity index (χ2n) is 9.04. The van der Waals surface area contributed by atoms with Crippen molar-refractivity contribution in [3.63, 3.8) is 0 Å². The maximum atomic E-state index is 12.2. The van der Waals surface area contributed by atoms with E-state index in [1.807, 2.05) is 0 Å². The third-order valence-electron chi connectivity index (χ3n) is 5.72. The van der Waals surface area contributed by atoms with Crippen molar-refractivity contribution in [3.05, 3.63) is 18.7 Å². The molecule has 0 aliphatic heterocycles. The van der Waals surface area contributed by atoms with E-state index in [0.29, 0.717) is 0 Å². The van der Waals surface area contributed by atoms with Crippen LogP contribution in [0.15, 0.2) is 18.7 Å². The molecule has 0 aliphatic rings. The van der Waals surface area contributed by atoms with Gasteiger partial charge in [0.15, 0.2) is 10.1 Å². The van der Waals surface area contributed by atoms with Crippen molar-refractivity contribution < 1.29 is 57.1 Å². The molecule has 0 atom stereocenters. The van der Waals surface area contributed by atoms with E-state index < -0.39 is 33.4 Å². The molecule has 0 spiro atoms. The van der Waals surface area contributed by atoms with Gasteiger partial charge in [-0.05, 0) is 25.7 Å². The summed E-state index contributed by atoms with van der Waals surface area (Å²) in [6.07, 6.45) is 16.2. The van der Waals surface area contributed by atoms with Crippen LogP contribution in [0.25, 0.3) is 0 Å². The monoisotopic (exact) mass is 592 g/mol. The number of aryl methyl sites for hydroxylation is 2. The molecule has 5 nitrogen and oxygen atoms in total. The lowest BCUT2D eigenvalue weighted by molar-refractivity contribution is -0.696. The summed E-state index contributed by atoms with van der Waals surface area (Å²) in [4.78, 5) is 0. The van der Waals surface area contributed by atoms with Crippen LogP contribution in [0.1, 0.15) is 90.9 Å². The second kappa shape index (κ2) is 15.9. The Morgan fingerprint density at radius 3 is 1.61 bits per heavy atom. The van der Waals surface area contributed by atoms with Crippen LogP contribution in [0.5, 0.6) is 0 Å². The smallest absolute Gasteiger partial charge is 0.460 e. The van der Waals surface area contributed by atoms with Gasteiger partial charge in [-0.3, -0.25) is 0 Å². The maximum Gasteiger partial charge on any atom is 0.460 e. The lowest BCUT2D eigenvalue weighted by atomic mass is 10.1. The number of halogens is 9. The van der Waals surface area contributed by atoms with E-state index in [9.17, 15) is 52.5 Å². The van der Waals surface area contributed by atoms with Crippen molar-refractivity contribution in [1.29, 1.82) is 0 Å². The summed E-state index contributed by atoms with van der Waals surface area (Å²) in [5.74, 6) is -14.8. The molecule has 0 aromatic carbocycles. The van der Waals surface area contributed by atoms with E-state index in [2.05, 4.69) is 41.7 Å². The van der Waals surface area contributed by atoms with E-state index in [4.69, 9.17) is 0 Å². The standard InChI is InChI=1S/C19H37N2.C4HF9O3S/c1-3-5-7-9-10-12-14-16-21-18-17-20(19-21)15-13-11-8-6-4-2;5-1(6,3(9,10)11)2(7,8)4(12,13)17(14,15)16/h17-19H,3-16H2,1-2H3;(H,14,15,16)/q+1;/p-1. The third kappa shape index (κ3) is 10.9. The van der Waals surface area contributed by atoms with Crippen LogP contribution in [-0.4, -0.2) is 40.8 Å². The van der Waals surface area contributed by atoms with Gasteiger partial charge in [-0.25, -0.2) is 17.6 Å². The predicted molar refractivity (Wildman–Crippen MR) is 122 cm³/mol. The Labute approximate surface area is 218 Å². The largest absolute Gasteiger partial charge is 0.743 e. The highest BCUT2D eigenvalue weighted by Gasteiger charge is 2.83. The molecule has 0 bridgehead atoms. The number of hydrogen-bond donors (Lipinski definition) is 0. The van der Waals surface area contributed by atoms with Crippen LogP contribution in [0, 0.1) is 0 Å². The Morgan fingerprint density at radius 1 is 0.711 bits per heavy atom. The lowest BCUT2D eigenvalue weighted by Crippen LogP contribution is -2.63. The van der Waals surface area contributed by atoms with Crippen LogP contribution in [0.2, 0.25) is 0 Å². The molecule has 1 aromatic heterocycles. The Kier molecular flexibility index (Phi) is 15.3. The number of rotatable bonds is 17. The van der Waals surface area contributed by atoms with E-state index >= 15 is 0 Å². The minimum Gasteiger partial charge on any atom is -0.743 e. The van der Waals surface area contributed by atoms with Gasteiger partial charge in [0.2, 0.25) is 6.33 Å². The molecule has 0 saturated heterocycles. The first kappa shape index (κ1) is 36.5. The minimum absolute atomic E-state index is 1.19. The van der Waals surface area contributed by atoms with Crippen LogP contribution in [0.3, 0.4) is 0 Å². The van der Waals surface area contributed by atoms with Gasteiger partial charge in [-0.15, -0.1) is 0 Å². The van der Waals surface area contributed by atoms with Crippen molar-refractivity contribution in [2.24, 2.45) is 0 Å². The maximum absolute atomic E-state index is 12.2. The van der Waals surface area contributed by atoms with Crippen LogP contribution < -0.4 is 4.57 Å². The highest BCUT2D eigenvalue weighted by atomic mass is 32.2. The Balaban J connectivity index is 0.000000739. The number of nitrogens with zero attached hydrogens (tertiary/aromatic N) is 2. The van der Waals surface area contributed by atoms with Crippen molar-refractivity contribution in [3.8, 4) is 0 Å². The van der Waals surface area contributed by atoms with Gasteiger partial charge in [0.25, 0.3) is 0 Å². The summed E-state index contributed by atoms with van der Waals surface area (Å²) >= 11 is 0.